The van der Waals surface area contributed by atoms with E-state index in [1.807, 2.05) is 60.7 Å². The van der Waals surface area contributed by atoms with Crippen LogP contribution in [0.15, 0.2) is 84.9 Å². The van der Waals surface area contributed by atoms with Gasteiger partial charge in [0.25, 0.3) is 5.91 Å². The van der Waals surface area contributed by atoms with Crippen molar-refractivity contribution < 1.29 is 22.8 Å². The fraction of sp³-hybridized carbons (Fsp3) is 0.167. The number of amides is 2. The Morgan fingerprint density at radius 2 is 1.42 bits per heavy atom. The molecule has 0 aliphatic rings. The summed E-state index contributed by atoms with van der Waals surface area (Å²) < 4.78 is 38.9. The minimum Gasteiger partial charge on any atom is -0.350 e. The molecule has 2 amide bonds. The van der Waals surface area contributed by atoms with E-state index in [4.69, 9.17) is 0 Å². The van der Waals surface area contributed by atoms with Crippen LogP contribution >= 0.6 is 0 Å². The third kappa shape index (κ3) is 6.44. The summed E-state index contributed by atoms with van der Waals surface area (Å²) in [5.74, 6) is -1.17. The van der Waals surface area contributed by atoms with Crippen LogP contribution in [0.25, 0.3) is 0 Å². The van der Waals surface area contributed by atoms with Gasteiger partial charge in [-0.2, -0.15) is 13.2 Å². The van der Waals surface area contributed by atoms with Gasteiger partial charge in [-0.25, -0.2) is 0 Å². The number of carbonyl (C=O) groups is 2. The van der Waals surface area contributed by atoms with Crippen LogP contribution < -0.4 is 10.6 Å². The summed E-state index contributed by atoms with van der Waals surface area (Å²) >= 11 is 0. The van der Waals surface area contributed by atoms with Gasteiger partial charge in [0, 0.05) is 18.5 Å². The van der Waals surface area contributed by atoms with Crippen molar-refractivity contribution in [2.24, 2.45) is 0 Å². The molecule has 0 fully saturated rings. The van der Waals surface area contributed by atoms with E-state index < -0.39 is 29.6 Å². The number of benzene rings is 3. The van der Waals surface area contributed by atoms with Gasteiger partial charge in [-0.15, -0.1) is 0 Å². The smallest absolute Gasteiger partial charge is 0.350 e. The van der Waals surface area contributed by atoms with Gasteiger partial charge in [0.1, 0.15) is 6.04 Å². The molecule has 0 spiro atoms. The normalized spacial score (nSPS) is 12.1. The second-order valence-electron chi connectivity index (χ2n) is 7.00. The van der Waals surface area contributed by atoms with Gasteiger partial charge in [-0.1, -0.05) is 66.7 Å². The standard InChI is InChI=1S/C24H21F3N2O2/c25-24(26,27)20-13-7-12-19(15-20)22(30)29-21(14-17-8-3-1-4-9-17)23(31)28-16-18-10-5-2-6-11-18/h1-13,15,21H,14,16H2,(H,28,31)(H,29,30). The molecule has 1 unspecified atom stereocenters. The van der Waals surface area contributed by atoms with Gasteiger partial charge in [0.05, 0.1) is 5.56 Å². The Morgan fingerprint density at radius 3 is 2.03 bits per heavy atom. The lowest BCUT2D eigenvalue weighted by atomic mass is 10.0. The molecule has 3 aromatic carbocycles. The van der Waals surface area contributed by atoms with Crippen molar-refractivity contribution >= 4 is 11.8 Å². The largest absolute Gasteiger partial charge is 0.416 e. The molecule has 0 aliphatic carbocycles. The van der Waals surface area contributed by atoms with Crippen LogP contribution in [-0.4, -0.2) is 17.9 Å². The van der Waals surface area contributed by atoms with Crippen molar-refractivity contribution in [2.45, 2.75) is 25.2 Å². The fourth-order valence-electron chi connectivity index (χ4n) is 3.05. The second kappa shape index (κ2) is 9.93. The predicted molar refractivity (Wildman–Crippen MR) is 111 cm³/mol. The molecule has 1 atom stereocenters. The average Bonchev–Trinajstić information content (AvgIpc) is 2.78. The highest BCUT2D eigenvalue weighted by Crippen LogP contribution is 2.29. The monoisotopic (exact) mass is 426 g/mol. The molecule has 0 saturated heterocycles. The van der Waals surface area contributed by atoms with Crippen LogP contribution in [0.1, 0.15) is 27.0 Å². The average molecular weight is 426 g/mol. The summed E-state index contributed by atoms with van der Waals surface area (Å²) in [6.07, 6.45) is -4.36. The van der Waals surface area contributed by atoms with Gasteiger partial charge in [0.15, 0.2) is 0 Å². The number of carbonyl (C=O) groups excluding carboxylic acids is 2. The van der Waals surface area contributed by atoms with E-state index in [0.717, 1.165) is 23.3 Å². The van der Waals surface area contributed by atoms with Crippen LogP contribution in [0.5, 0.6) is 0 Å². The highest BCUT2D eigenvalue weighted by atomic mass is 19.4. The van der Waals surface area contributed by atoms with E-state index in [0.29, 0.717) is 0 Å². The third-order valence-corrected chi connectivity index (χ3v) is 4.67. The van der Waals surface area contributed by atoms with Crippen molar-refractivity contribution in [3.05, 3.63) is 107 Å². The molecule has 0 radical (unpaired) electrons. The maximum Gasteiger partial charge on any atom is 0.416 e. The first-order valence-electron chi connectivity index (χ1n) is 9.66. The summed E-state index contributed by atoms with van der Waals surface area (Å²) in [5, 5.41) is 5.36. The lowest BCUT2D eigenvalue weighted by molar-refractivity contribution is -0.137. The van der Waals surface area contributed by atoms with E-state index in [9.17, 15) is 22.8 Å². The molecule has 31 heavy (non-hydrogen) atoms. The first kappa shape index (κ1) is 22.1. The van der Waals surface area contributed by atoms with Gasteiger partial charge in [0.2, 0.25) is 5.91 Å². The summed E-state index contributed by atoms with van der Waals surface area (Å²) in [5.41, 5.74) is 0.613. The first-order valence-corrected chi connectivity index (χ1v) is 9.66. The molecule has 0 aromatic heterocycles. The van der Waals surface area contributed by atoms with Crippen molar-refractivity contribution in [3.63, 3.8) is 0 Å². The molecule has 0 heterocycles. The van der Waals surface area contributed by atoms with E-state index in [2.05, 4.69) is 10.6 Å². The molecular weight excluding hydrogens is 405 g/mol. The lowest BCUT2D eigenvalue weighted by Crippen LogP contribution is -2.47. The van der Waals surface area contributed by atoms with Gasteiger partial charge in [-0.05, 0) is 29.3 Å². The van der Waals surface area contributed by atoms with Crippen molar-refractivity contribution in [3.8, 4) is 0 Å². The summed E-state index contributed by atoms with van der Waals surface area (Å²) in [6, 6.07) is 21.5. The molecule has 0 saturated carbocycles. The molecule has 4 nitrogen and oxygen atoms in total. The zero-order valence-corrected chi connectivity index (χ0v) is 16.5. The minimum atomic E-state index is -4.56. The Hall–Kier alpha value is -3.61. The van der Waals surface area contributed by atoms with Crippen LogP contribution in [0.3, 0.4) is 0 Å². The number of alkyl halides is 3. The van der Waals surface area contributed by atoms with Crippen LogP contribution in [0.2, 0.25) is 0 Å². The molecule has 7 heteroatoms. The number of hydrogen-bond donors (Lipinski definition) is 2. The number of nitrogens with one attached hydrogen (secondary N) is 2. The highest BCUT2D eigenvalue weighted by Gasteiger charge is 2.31. The molecule has 3 rings (SSSR count). The summed E-state index contributed by atoms with van der Waals surface area (Å²) in [6.45, 7) is 0.268. The molecule has 0 bridgehead atoms. The van der Waals surface area contributed by atoms with Crippen LogP contribution in [0.4, 0.5) is 13.2 Å². The number of rotatable bonds is 7. The van der Waals surface area contributed by atoms with E-state index in [1.54, 1.807) is 0 Å². The first-order chi connectivity index (χ1) is 14.8. The summed E-state index contributed by atoms with van der Waals surface area (Å²) in [4.78, 5) is 25.5. The quantitative estimate of drug-likeness (QED) is 0.590. The van der Waals surface area contributed by atoms with Crippen molar-refractivity contribution in [1.82, 2.24) is 10.6 Å². The SMILES string of the molecule is O=C(NC(Cc1ccccc1)C(=O)NCc1ccccc1)c1cccc(C(F)(F)F)c1. The maximum atomic E-state index is 13.0. The minimum absolute atomic E-state index is 0.163. The van der Waals surface area contributed by atoms with Crippen LogP contribution in [-0.2, 0) is 23.9 Å². The van der Waals surface area contributed by atoms with E-state index >= 15 is 0 Å². The Kier molecular flexibility index (Phi) is 7.07. The topological polar surface area (TPSA) is 58.2 Å². The molecule has 3 aromatic rings. The summed E-state index contributed by atoms with van der Waals surface area (Å²) in [7, 11) is 0. The highest BCUT2D eigenvalue weighted by molar-refractivity contribution is 5.97. The third-order valence-electron chi connectivity index (χ3n) is 4.67. The maximum absolute atomic E-state index is 13.0. The molecule has 2 N–H and O–H groups in total. The number of hydrogen-bond acceptors (Lipinski definition) is 2. The Bertz CT molecular complexity index is 1020. The van der Waals surface area contributed by atoms with Crippen LogP contribution in [0, 0.1) is 0 Å². The lowest BCUT2D eigenvalue weighted by Gasteiger charge is -2.19. The Balaban J connectivity index is 1.75. The fourth-order valence-corrected chi connectivity index (χ4v) is 3.05. The van der Waals surface area contributed by atoms with Gasteiger partial charge >= 0.3 is 6.18 Å². The molecular formula is C24H21F3N2O2. The predicted octanol–water partition coefficient (Wildman–Crippen LogP) is 4.36. The van der Waals surface area contributed by atoms with Crippen molar-refractivity contribution in [1.29, 1.82) is 0 Å². The second-order valence-corrected chi connectivity index (χ2v) is 7.00. The number of halogens is 3. The van der Waals surface area contributed by atoms with E-state index in [-0.39, 0.29) is 18.5 Å². The van der Waals surface area contributed by atoms with Crippen molar-refractivity contribution in [2.75, 3.05) is 0 Å². The molecule has 0 aliphatic heterocycles. The Labute approximate surface area is 178 Å². The van der Waals surface area contributed by atoms with Gasteiger partial charge in [-0.3, -0.25) is 9.59 Å². The van der Waals surface area contributed by atoms with E-state index in [1.165, 1.54) is 12.1 Å². The molecule has 160 valence electrons. The Morgan fingerprint density at radius 1 is 0.806 bits per heavy atom. The zero-order chi connectivity index (χ0) is 22.3. The van der Waals surface area contributed by atoms with Gasteiger partial charge < -0.3 is 10.6 Å². The zero-order valence-electron chi connectivity index (χ0n) is 16.5.